The van der Waals surface area contributed by atoms with Crippen LogP contribution in [0.15, 0.2) is 35.3 Å². The molecule has 3 nitrogen and oxygen atoms in total. The van der Waals surface area contributed by atoms with Gasteiger partial charge in [0, 0.05) is 0 Å². The SMILES string of the molecule is C[I-]c1c(I)ccc2c(=O)c3cccnc3[nH]c12. The fourth-order valence-electron chi connectivity index (χ4n) is 2.00. The summed E-state index contributed by atoms with van der Waals surface area (Å²) in [6.45, 7) is 0. The molecule has 0 unspecified atom stereocenters. The average Bonchev–Trinajstić information content (AvgIpc) is 2.39. The Morgan fingerprint density at radius 2 is 2.11 bits per heavy atom. The first-order valence-electron chi connectivity index (χ1n) is 5.31. The first kappa shape index (κ1) is 12.3. The van der Waals surface area contributed by atoms with Crippen LogP contribution < -0.4 is 26.6 Å². The number of rotatable bonds is 1. The third kappa shape index (κ3) is 1.83. The molecule has 0 aliphatic rings. The minimum atomic E-state index is -0.0893. The normalized spacial score (nSPS) is 11.4. The van der Waals surface area contributed by atoms with E-state index in [0.29, 0.717) is 11.0 Å². The van der Waals surface area contributed by atoms with Crippen molar-refractivity contribution in [2.75, 3.05) is 4.93 Å². The molecule has 0 spiro atoms. The molecule has 0 saturated heterocycles. The van der Waals surface area contributed by atoms with Crippen LogP contribution in [-0.2, 0) is 0 Å². The Kier molecular flexibility index (Phi) is 3.27. The van der Waals surface area contributed by atoms with Crippen LogP contribution in [0.1, 0.15) is 0 Å². The van der Waals surface area contributed by atoms with Crippen LogP contribution >= 0.6 is 22.6 Å². The van der Waals surface area contributed by atoms with Crippen LogP contribution in [0.4, 0.5) is 0 Å². The van der Waals surface area contributed by atoms with Crippen molar-refractivity contribution in [2.24, 2.45) is 0 Å². The van der Waals surface area contributed by atoms with E-state index >= 15 is 0 Å². The summed E-state index contributed by atoms with van der Waals surface area (Å²) in [6.07, 6.45) is 1.71. The molecule has 0 aliphatic heterocycles. The van der Waals surface area contributed by atoms with Crippen molar-refractivity contribution in [3.8, 4) is 0 Å². The van der Waals surface area contributed by atoms with E-state index in [2.05, 4.69) is 37.5 Å². The molecule has 1 aromatic carbocycles. The molecule has 0 bridgehead atoms. The Morgan fingerprint density at radius 3 is 2.89 bits per heavy atom. The molecule has 5 heteroatoms. The van der Waals surface area contributed by atoms with Crippen LogP contribution in [0.5, 0.6) is 0 Å². The van der Waals surface area contributed by atoms with Crippen LogP contribution in [0.2, 0.25) is 0 Å². The van der Waals surface area contributed by atoms with Crippen molar-refractivity contribution in [2.45, 2.75) is 0 Å². The molecule has 1 N–H and O–H groups in total. The van der Waals surface area contributed by atoms with Gasteiger partial charge in [-0.25, -0.2) is 0 Å². The molecule has 2 heterocycles. The van der Waals surface area contributed by atoms with E-state index in [1.165, 1.54) is 7.14 Å². The van der Waals surface area contributed by atoms with Crippen molar-refractivity contribution in [1.82, 2.24) is 9.97 Å². The number of halogens is 2. The molecular formula is C13H9I2N2O-. The summed E-state index contributed by atoms with van der Waals surface area (Å²) in [5.41, 5.74) is 1.71. The fourth-order valence-corrected chi connectivity index (χ4v) is 5.48. The van der Waals surface area contributed by atoms with Gasteiger partial charge in [0.2, 0.25) is 0 Å². The van der Waals surface area contributed by atoms with E-state index in [9.17, 15) is 4.79 Å². The number of hydrogen-bond donors (Lipinski definition) is 1. The number of fused-ring (bicyclic) bond motifs is 2. The number of aromatic amines is 1. The molecule has 0 fully saturated rings. The van der Waals surface area contributed by atoms with Crippen molar-refractivity contribution < 1.29 is 21.2 Å². The number of aromatic nitrogens is 2. The first-order valence-corrected chi connectivity index (χ1v) is 9.62. The molecule has 92 valence electrons. The van der Waals surface area contributed by atoms with Crippen molar-refractivity contribution >= 4 is 44.5 Å². The standard InChI is InChI=1S/C13H9I2N2O/c1-15-10-9(14)5-4-7-11(10)17-13-8(12(7)18)3-2-6-16-13/h2-6H,1H3,(H,16,17,18)/q-1. The second-order valence-electron chi connectivity index (χ2n) is 3.83. The Balaban J connectivity index is 2.60. The molecule has 2 aromatic heterocycles. The Labute approximate surface area is 127 Å². The van der Waals surface area contributed by atoms with Gasteiger partial charge in [-0.15, -0.1) is 0 Å². The van der Waals surface area contributed by atoms with Crippen LogP contribution in [0, 0.1) is 7.14 Å². The van der Waals surface area contributed by atoms with E-state index in [1.807, 2.05) is 18.2 Å². The second-order valence-corrected chi connectivity index (χ2v) is 7.15. The summed E-state index contributed by atoms with van der Waals surface area (Å²) in [5.74, 6) is 0. The van der Waals surface area contributed by atoms with Crippen molar-refractivity contribution in [1.29, 1.82) is 0 Å². The fraction of sp³-hybridized carbons (Fsp3) is 0.0769. The zero-order valence-electron chi connectivity index (χ0n) is 9.50. The van der Waals surface area contributed by atoms with Gasteiger partial charge in [0.25, 0.3) is 0 Å². The zero-order valence-corrected chi connectivity index (χ0v) is 13.8. The number of nitrogens with one attached hydrogen (secondary N) is 1. The van der Waals surface area contributed by atoms with E-state index in [-0.39, 0.29) is 26.6 Å². The average molecular weight is 463 g/mol. The van der Waals surface area contributed by atoms with Crippen LogP contribution in [-0.4, -0.2) is 14.9 Å². The molecule has 18 heavy (non-hydrogen) atoms. The van der Waals surface area contributed by atoms with Crippen molar-refractivity contribution in [3.63, 3.8) is 0 Å². The minimum absolute atomic E-state index is 0.0713. The summed E-state index contributed by atoms with van der Waals surface area (Å²) in [6, 6.07) is 7.55. The molecule has 0 atom stereocenters. The Hall–Kier alpha value is -0.700. The Morgan fingerprint density at radius 1 is 1.28 bits per heavy atom. The third-order valence-corrected chi connectivity index (χ3v) is 6.95. The van der Waals surface area contributed by atoms with E-state index in [4.69, 9.17) is 0 Å². The van der Waals surface area contributed by atoms with Gasteiger partial charge < -0.3 is 0 Å². The van der Waals surface area contributed by atoms with Crippen LogP contribution in [0.3, 0.4) is 0 Å². The summed E-state index contributed by atoms with van der Waals surface area (Å²) < 4.78 is 2.51. The number of pyridine rings is 2. The van der Waals surface area contributed by atoms with Gasteiger partial charge in [0.15, 0.2) is 0 Å². The summed E-state index contributed by atoms with van der Waals surface area (Å²) in [7, 11) is 0. The topological polar surface area (TPSA) is 45.8 Å². The van der Waals surface area contributed by atoms with Gasteiger partial charge in [-0.05, 0) is 0 Å². The molecule has 0 saturated carbocycles. The van der Waals surface area contributed by atoms with Crippen molar-refractivity contribution in [3.05, 3.63) is 47.8 Å². The number of nitrogens with zero attached hydrogens (tertiary/aromatic N) is 1. The maximum absolute atomic E-state index is 12.4. The zero-order chi connectivity index (χ0) is 12.7. The number of benzene rings is 1. The predicted molar refractivity (Wildman–Crippen MR) is 77.2 cm³/mol. The molecule has 0 aliphatic carbocycles. The van der Waals surface area contributed by atoms with E-state index in [1.54, 1.807) is 12.3 Å². The molecule has 0 amide bonds. The Bertz CT molecular complexity index is 811. The molecule has 3 rings (SSSR count). The maximum atomic E-state index is 12.4. The quantitative estimate of drug-likeness (QED) is 0.303. The van der Waals surface area contributed by atoms with Gasteiger partial charge in [0.1, 0.15) is 0 Å². The number of alkyl halides is 1. The van der Waals surface area contributed by atoms with Gasteiger partial charge in [0.05, 0.1) is 0 Å². The van der Waals surface area contributed by atoms with Gasteiger partial charge in [-0.3, -0.25) is 0 Å². The van der Waals surface area contributed by atoms with Gasteiger partial charge >= 0.3 is 128 Å². The van der Waals surface area contributed by atoms with Gasteiger partial charge in [-0.2, -0.15) is 0 Å². The second kappa shape index (κ2) is 4.76. The monoisotopic (exact) mass is 463 g/mol. The molecular weight excluding hydrogens is 454 g/mol. The summed E-state index contributed by atoms with van der Waals surface area (Å²) in [4.78, 5) is 22.2. The van der Waals surface area contributed by atoms with Crippen LogP contribution in [0.25, 0.3) is 21.9 Å². The number of H-pyrrole nitrogens is 1. The van der Waals surface area contributed by atoms with E-state index < -0.39 is 0 Å². The first-order chi connectivity index (χ1) is 8.72. The van der Waals surface area contributed by atoms with E-state index in [0.717, 1.165) is 10.9 Å². The molecule has 3 aromatic rings. The predicted octanol–water partition coefficient (Wildman–Crippen LogP) is -0.431. The summed E-state index contributed by atoms with van der Waals surface area (Å²) in [5, 5.41) is 1.43. The van der Waals surface area contributed by atoms with Gasteiger partial charge in [-0.1, -0.05) is 0 Å². The third-order valence-electron chi connectivity index (χ3n) is 2.82. The number of hydrogen-bond acceptors (Lipinski definition) is 2. The summed E-state index contributed by atoms with van der Waals surface area (Å²) >= 11 is 2.24. The molecule has 0 radical (unpaired) electrons.